The van der Waals surface area contributed by atoms with E-state index in [9.17, 15) is 14.4 Å². The van der Waals surface area contributed by atoms with Crippen molar-refractivity contribution in [2.24, 2.45) is 0 Å². The Hall–Kier alpha value is -2.97. The van der Waals surface area contributed by atoms with Crippen LogP contribution in [0.2, 0.25) is 5.02 Å². The number of carbonyl (C=O) groups excluding carboxylic acids is 3. The summed E-state index contributed by atoms with van der Waals surface area (Å²) in [4.78, 5) is 38.4. The zero-order chi connectivity index (χ0) is 20.4. The minimum absolute atomic E-state index is 0.0823. The van der Waals surface area contributed by atoms with Crippen molar-refractivity contribution in [1.29, 1.82) is 0 Å². The molecule has 0 saturated carbocycles. The number of carbonyl (C=O) groups is 3. The van der Waals surface area contributed by atoms with E-state index >= 15 is 0 Å². The maximum Gasteiger partial charge on any atom is 0.293 e. The Kier molecular flexibility index (Phi) is 5.46. The van der Waals surface area contributed by atoms with Gasteiger partial charge < -0.3 is 14.8 Å². The molecule has 0 unspecified atom stereocenters. The molecular formula is C20H15ClN2O5S. The Morgan fingerprint density at radius 3 is 2.69 bits per heavy atom. The molecule has 0 radical (unpaired) electrons. The highest BCUT2D eigenvalue weighted by atomic mass is 35.5. The van der Waals surface area contributed by atoms with Gasteiger partial charge in [0.05, 0.1) is 4.91 Å². The number of nitrogens with zero attached hydrogens (tertiary/aromatic N) is 1. The van der Waals surface area contributed by atoms with Crippen LogP contribution in [0.25, 0.3) is 6.08 Å². The lowest BCUT2D eigenvalue weighted by molar-refractivity contribution is -0.122. The zero-order valence-corrected chi connectivity index (χ0v) is 16.6. The van der Waals surface area contributed by atoms with Crippen LogP contribution >= 0.6 is 23.4 Å². The van der Waals surface area contributed by atoms with Crippen LogP contribution in [0, 0.1) is 0 Å². The number of fused-ring (bicyclic) bond motifs is 1. The van der Waals surface area contributed by atoms with Crippen LogP contribution in [-0.2, 0) is 4.79 Å². The van der Waals surface area contributed by atoms with Gasteiger partial charge in [-0.05, 0) is 53.7 Å². The summed E-state index contributed by atoms with van der Waals surface area (Å²) >= 11 is 6.73. The fraction of sp³-hybridized carbons (Fsp3) is 0.150. The van der Waals surface area contributed by atoms with Crippen molar-refractivity contribution in [2.45, 2.75) is 0 Å². The third-order valence-corrected chi connectivity index (χ3v) is 5.46. The second-order valence-electron chi connectivity index (χ2n) is 6.21. The minimum Gasteiger partial charge on any atom is -0.454 e. The number of rotatable bonds is 5. The summed E-state index contributed by atoms with van der Waals surface area (Å²) in [6, 6.07) is 11.8. The summed E-state index contributed by atoms with van der Waals surface area (Å²) in [5.41, 5.74) is 1.18. The fourth-order valence-corrected chi connectivity index (χ4v) is 3.82. The van der Waals surface area contributed by atoms with Gasteiger partial charge in [0, 0.05) is 23.7 Å². The number of thioether (sulfide) groups is 1. The second kappa shape index (κ2) is 8.18. The Balaban J connectivity index is 1.35. The summed E-state index contributed by atoms with van der Waals surface area (Å²) < 4.78 is 10.5. The first-order chi connectivity index (χ1) is 14.0. The number of hydrogen-bond donors (Lipinski definition) is 1. The molecule has 2 aliphatic heterocycles. The van der Waals surface area contributed by atoms with Crippen molar-refractivity contribution in [3.05, 3.63) is 63.5 Å². The van der Waals surface area contributed by atoms with Gasteiger partial charge >= 0.3 is 0 Å². The highest BCUT2D eigenvalue weighted by Crippen LogP contribution is 2.33. The average molecular weight is 431 g/mol. The van der Waals surface area contributed by atoms with Crippen LogP contribution in [0.3, 0.4) is 0 Å². The van der Waals surface area contributed by atoms with Crippen LogP contribution in [0.15, 0.2) is 47.4 Å². The summed E-state index contributed by atoms with van der Waals surface area (Å²) in [7, 11) is 0. The lowest BCUT2D eigenvalue weighted by Crippen LogP contribution is -2.37. The summed E-state index contributed by atoms with van der Waals surface area (Å²) in [5, 5.41) is 2.93. The molecule has 1 fully saturated rings. The van der Waals surface area contributed by atoms with E-state index in [1.165, 1.54) is 0 Å². The first-order valence-corrected chi connectivity index (χ1v) is 9.89. The van der Waals surface area contributed by atoms with Gasteiger partial charge in [-0.15, -0.1) is 0 Å². The highest BCUT2D eigenvalue weighted by Gasteiger charge is 2.34. The molecule has 148 valence electrons. The van der Waals surface area contributed by atoms with Gasteiger partial charge in [0.25, 0.3) is 17.1 Å². The second-order valence-corrected chi connectivity index (χ2v) is 7.64. The van der Waals surface area contributed by atoms with Crippen molar-refractivity contribution in [3.8, 4) is 11.5 Å². The molecule has 1 saturated heterocycles. The molecule has 0 bridgehead atoms. The Morgan fingerprint density at radius 1 is 1.14 bits per heavy atom. The smallest absolute Gasteiger partial charge is 0.293 e. The van der Waals surface area contributed by atoms with E-state index in [0.717, 1.165) is 22.2 Å². The normalized spacial score (nSPS) is 16.6. The first kappa shape index (κ1) is 19.4. The van der Waals surface area contributed by atoms with E-state index in [2.05, 4.69) is 5.32 Å². The molecule has 2 aromatic carbocycles. The van der Waals surface area contributed by atoms with Crippen LogP contribution in [-0.4, -0.2) is 41.8 Å². The maximum atomic E-state index is 12.5. The number of hydrogen-bond acceptors (Lipinski definition) is 6. The number of nitrogens with one attached hydrogen (secondary N) is 1. The molecule has 0 aliphatic carbocycles. The van der Waals surface area contributed by atoms with Crippen LogP contribution < -0.4 is 14.8 Å². The van der Waals surface area contributed by atoms with Crippen molar-refractivity contribution in [1.82, 2.24) is 10.2 Å². The molecular weight excluding hydrogens is 416 g/mol. The molecule has 2 aliphatic rings. The van der Waals surface area contributed by atoms with Crippen molar-refractivity contribution < 1.29 is 23.9 Å². The Bertz CT molecular complexity index is 1020. The molecule has 29 heavy (non-hydrogen) atoms. The number of amides is 3. The van der Waals surface area contributed by atoms with E-state index in [1.54, 1.807) is 48.5 Å². The van der Waals surface area contributed by atoms with E-state index in [-0.39, 0.29) is 36.9 Å². The molecule has 2 aromatic rings. The highest BCUT2D eigenvalue weighted by molar-refractivity contribution is 8.18. The van der Waals surface area contributed by atoms with Crippen LogP contribution in [0.1, 0.15) is 15.9 Å². The Labute approximate surface area is 175 Å². The van der Waals surface area contributed by atoms with Gasteiger partial charge in [-0.2, -0.15) is 0 Å². The summed E-state index contributed by atoms with van der Waals surface area (Å²) in [6.07, 6.45) is 1.65. The van der Waals surface area contributed by atoms with Gasteiger partial charge in [-0.1, -0.05) is 23.7 Å². The number of halogens is 1. The third kappa shape index (κ3) is 4.23. The van der Waals surface area contributed by atoms with Crippen molar-refractivity contribution >= 4 is 46.5 Å². The van der Waals surface area contributed by atoms with E-state index < -0.39 is 0 Å². The standard InChI is InChI=1S/C20H15ClN2O5S/c21-14-4-1-12(2-5-14)9-17-19(25)23(20(26)29-17)8-7-22-18(24)13-3-6-15-16(10-13)28-11-27-15/h1-6,9-10H,7-8,11H2,(H,22,24)/b17-9-. The van der Waals surface area contributed by atoms with E-state index in [0.29, 0.717) is 27.0 Å². The molecule has 7 nitrogen and oxygen atoms in total. The molecule has 0 spiro atoms. The summed E-state index contributed by atoms with van der Waals surface area (Å²) in [6.45, 7) is 0.349. The molecule has 0 aromatic heterocycles. The van der Waals surface area contributed by atoms with Gasteiger partial charge in [-0.25, -0.2) is 0 Å². The van der Waals surface area contributed by atoms with Gasteiger partial charge in [0.2, 0.25) is 6.79 Å². The monoisotopic (exact) mass is 430 g/mol. The summed E-state index contributed by atoms with van der Waals surface area (Å²) in [5.74, 6) is 0.391. The topological polar surface area (TPSA) is 84.9 Å². The van der Waals surface area contributed by atoms with Gasteiger partial charge in [0.1, 0.15) is 0 Å². The van der Waals surface area contributed by atoms with E-state index in [1.807, 2.05) is 0 Å². The number of imide groups is 1. The molecule has 2 heterocycles. The largest absolute Gasteiger partial charge is 0.454 e. The number of benzene rings is 2. The van der Waals surface area contributed by atoms with E-state index in [4.69, 9.17) is 21.1 Å². The lowest BCUT2D eigenvalue weighted by atomic mass is 10.2. The van der Waals surface area contributed by atoms with Crippen molar-refractivity contribution in [3.63, 3.8) is 0 Å². The quantitative estimate of drug-likeness (QED) is 0.730. The minimum atomic E-state index is -0.382. The Morgan fingerprint density at radius 2 is 1.90 bits per heavy atom. The zero-order valence-electron chi connectivity index (χ0n) is 15.0. The predicted molar refractivity (Wildman–Crippen MR) is 109 cm³/mol. The van der Waals surface area contributed by atoms with Crippen molar-refractivity contribution in [2.75, 3.05) is 19.9 Å². The maximum absolute atomic E-state index is 12.5. The first-order valence-electron chi connectivity index (χ1n) is 8.70. The van der Waals surface area contributed by atoms with Gasteiger partial charge in [-0.3, -0.25) is 19.3 Å². The third-order valence-electron chi connectivity index (χ3n) is 4.30. The van der Waals surface area contributed by atoms with Crippen LogP contribution in [0.4, 0.5) is 4.79 Å². The number of ether oxygens (including phenoxy) is 2. The molecule has 4 rings (SSSR count). The van der Waals surface area contributed by atoms with Crippen LogP contribution in [0.5, 0.6) is 11.5 Å². The molecule has 1 N–H and O–H groups in total. The van der Waals surface area contributed by atoms with Gasteiger partial charge in [0.15, 0.2) is 11.5 Å². The molecule has 3 amide bonds. The lowest BCUT2D eigenvalue weighted by Gasteiger charge is -2.13. The fourth-order valence-electron chi connectivity index (χ4n) is 2.82. The average Bonchev–Trinajstić information content (AvgIpc) is 3.28. The predicted octanol–water partition coefficient (Wildman–Crippen LogP) is 3.54. The molecule has 9 heteroatoms. The molecule has 0 atom stereocenters. The SMILES string of the molecule is O=C(NCCN1C(=O)S/C(=C\c2ccc(Cl)cc2)C1=O)c1ccc2c(c1)OCO2.